The van der Waals surface area contributed by atoms with Crippen LogP contribution >= 0.6 is 24.0 Å². The molecule has 4 N–H and O–H groups in total. The maximum Gasteiger partial charge on any atom is 0.248 e. The highest BCUT2D eigenvalue weighted by Gasteiger charge is 2.22. The number of fused-ring (bicyclic) bond motifs is 1. The van der Waals surface area contributed by atoms with Crippen LogP contribution in [0, 0.1) is 0 Å². The van der Waals surface area contributed by atoms with Crippen LogP contribution in [-0.4, -0.2) is 46.3 Å². The molecule has 9 nitrogen and oxygen atoms in total. The van der Waals surface area contributed by atoms with Crippen molar-refractivity contribution in [2.75, 3.05) is 13.7 Å². The summed E-state index contributed by atoms with van der Waals surface area (Å²) in [7, 11) is 1.64. The fourth-order valence-corrected chi connectivity index (χ4v) is 3.18. The van der Waals surface area contributed by atoms with E-state index in [0.717, 1.165) is 43.3 Å². The van der Waals surface area contributed by atoms with Crippen molar-refractivity contribution >= 4 is 35.8 Å². The van der Waals surface area contributed by atoms with Crippen LogP contribution in [-0.2, 0) is 30.9 Å². The van der Waals surface area contributed by atoms with Gasteiger partial charge in [-0.15, -0.1) is 24.0 Å². The van der Waals surface area contributed by atoms with Crippen LogP contribution < -0.4 is 16.4 Å². The van der Waals surface area contributed by atoms with Crippen LogP contribution in [0.3, 0.4) is 0 Å². The highest BCUT2D eigenvalue weighted by Crippen LogP contribution is 2.13. The van der Waals surface area contributed by atoms with E-state index in [1.165, 1.54) is 0 Å². The van der Waals surface area contributed by atoms with Crippen LogP contribution in [0.25, 0.3) is 0 Å². The molecule has 1 atom stereocenters. The molecule has 1 aromatic heterocycles. The van der Waals surface area contributed by atoms with Crippen molar-refractivity contribution in [2.24, 2.45) is 10.7 Å². The Morgan fingerprint density at radius 1 is 1.45 bits per heavy atom. The smallest absolute Gasteiger partial charge is 0.248 e. The number of rotatable bonds is 7. The molecule has 1 unspecified atom stereocenters. The number of carbonyl (C=O) groups is 1. The van der Waals surface area contributed by atoms with E-state index in [9.17, 15) is 4.79 Å². The first kappa shape index (κ1) is 23.1. The van der Waals surface area contributed by atoms with Crippen LogP contribution in [0.15, 0.2) is 29.3 Å². The highest BCUT2D eigenvalue weighted by molar-refractivity contribution is 14.0. The molecule has 0 fully saturated rings. The molecule has 1 aliphatic rings. The maximum absolute atomic E-state index is 11.3. The van der Waals surface area contributed by atoms with Gasteiger partial charge < -0.3 is 21.1 Å². The third-order valence-corrected chi connectivity index (χ3v) is 4.49. The molecule has 0 radical (unpaired) electrons. The topological polar surface area (TPSA) is 119 Å². The molecule has 0 saturated heterocycles. The summed E-state index contributed by atoms with van der Waals surface area (Å²) >= 11 is 0. The SMILES string of the molecule is CCNC(=NCc1cccc(C(N)=O)c1)NC1CCc2nc(COC)nn2C1.I. The minimum Gasteiger partial charge on any atom is -0.377 e. The number of amides is 1. The first-order valence-electron chi connectivity index (χ1n) is 9.44. The Morgan fingerprint density at radius 3 is 3.00 bits per heavy atom. The van der Waals surface area contributed by atoms with E-state index in [1.807, 2.05) is 23.7 Å². The number of nitrogens with two attached hydrogens (primary N) is 1. The molecule has 0 saturated carbocycles. The summed E-state index contributed by atoms with van der Waals surface area (Å²) in [5.41, 5.74) is 6.77. The zero-order valence-electron chi connectivity index (χ0n) is 16.7. The average Bonchev–Trinajstić information content (AvgIpc) is 3.08. The number of aliphatic imine (C=N–C) groups is 1. The molecule has 1 aromatic carbocycles. The van der Waals surface area contributed by atoms with Crippen LogP contribution in [0.5, 0.6) is 0 Å². The van der Waals surface area contributed by atoms with Crippen LogP contribution in [0.4, 0.5) is 0 Å². The standard InChI is InChI=1S/C19H27N7O2.HI/c1-3-21-19(22-10-13-5-4-6-14(9-13)18(20)27)23-15-7-8-17-24-16(12-28-2)25-26(17)11-15;/h4-6,9,15H,3,7-8,10-12H2,1-2H3,(H2,20,27)(H2,21,22,23);1H. The third-order valence-electron chi connectivity index (χ3n) is 4.49. The van der Waals surface area contributed by atoms with E-state index in [2.05, 4.69) is 25.7 Å². The third kappa shape index (κ3) is 6.39. The van der Waals surface area contributed by atoms with E-state index < -0.39 is 5.91 Å². The zero-order valence-corrected chi connectivity index (χ0v) is 19.1. The van der Waals surface area contributed by atoms with Gasteiger partial charge in [0, 0.05) is 31.7 Å². The van der Waals surface area contributed by atoms with Crippen molar-refractivity contribution in [1.82, 2.24) is 25.4 Å². The number of aryl methyl sites for hydroxylation is 1. The number of nitrogens with zero attached hydrogens (tertiary/aromatic N) is 4. The fraction of sp³-hybridized carbons (Fsp3) is 0.474. The molecule has 0 bridgehead atoms. The molecule has 2 aromatic rings. The predicted molar refractivity (Wildman–Crippen MR) is 121 cm³/mol. The Bertz CT molecular complexity index is 853. The van der Waals surface area contributed by atoms with Gasteiger partial charge in [0.15, 0.2) is 11.8 Å². The lowest BCUT2D eigenvalue weighted by Gasteiger charge is -2.25. The van der Waals surface area contributed by atoms with Gasteiger partial charge in [-0.3, -0.25) is 4.79 Å². The van der Waals surface area contributed by atoms with Crippen LogP contribution in [0.1, 0.15) is 40.9 Å². The number of hydrogen-bond acceptors (Lipinski definition) is 5. The summed E-state index contributed by atoms with van der Waals surface area (Å²) in [5.74, 6) is 2.01. The van der Waals surface area contributed by atoms with Gasteiger partial charge in [-0.25, -0.2) is 14.7 Å². The summed E-state index contributed by atoms with van der Waals surface area (Å²) < 4.78 is 7.05. The summed E-state index contributed by atoms with van der Waals surface area (Å²) in [6.45, 7) is 4.39. The Kier molecular flexibility index (Phi) is 8.83. The monoisotopic (exact) mass is 513 g/mol. The number of hydrogen-bond donors (Lipinski definition) is 3. The van der Waals surface area contributed by atoms with E-state index in [-0.39, 0.29) is 30.0 Å². The van der Waals surface area contributed by atoms with Gasteiger partial charge >= 0.3 is 0 Å². The molecule has 0 spiro atoms. The number of benzene rings is 1. The zero-order chi connectivity index (χ0) is 19.9. The van der Waals surface area contributed by atoms with Crippen LogP contribution in [0.2, 0.25) is 0 Å². The average molecular weight is 513 g/mol. The van der Waals surface area contributed by atoms with Gasteiger partial charge in [-0.2, -0.15) is 5.10 Å². The molecule has 1 aliphatic heterocycles. The first-order valence-corrected chi connectivity index (χ1v) is 9.44. The van der Waals surface area contributed by atoms with Gasteiger partial charge in [0.2, 0.25) is 5.91 Å². The van der Waals surface area contributed by atoms with Crippen molar-refractivity contribution in [1.29, 1.82) is 0 Å². The molecule has 1 amide bonds. The van der Waals surface area contributed by atoms with Gasteiger partial charge in [0.05, 0.1) is 13.1 Å². The minimum absolute atomic E-state index is 0. The summed E-state index contributed by atoms with van der Waals surface area (Å²) in [4.78, 5) is 20.5. The Hall–Kier alpha value is -2.21. The number of primary amides is 1. The lowest BCUT2D eigenvalue weighted by atomic mass is 10.1. The Labute approximate surface area is 187 Å². The summed E-state index contributed by atoms with van der Waals surface area (Å²) in [5, 5.41) is 11.2. The Morgan fingerprint density at radius 2 is 2.28 bits per heavy atom. The van der Waals surface area contributed by atoms with Crippen molar-refractivity contribution in [3.05, 3.63) is 47.0 Å². The second-order valence-corrected chi connectivity index (χ2v) is 6.70. The van der Waals surface area contributed by atoms with E-state index in [4.69, 9.17) is 10.5 Å². The number of nitrogens with one attached hydrogen (secondary N) is 2. The molecule has 29 heavy (non-hydrogen) atoms. The van der Waals surface area contributed by atoms with Gasteiger partial charge in [0.25, 0.3) is 0 Å². The van der Waals surface area contributed by atoms with E-state index in [1.54, 1.807) is 19.2 Å². The lowest BCUT2D eigenvalue weighted by Crippen LogP contribution is -2.47. The number of guanidine groups is 1. The van der Waals surface area contributed by atoms with Crippen molar-refractivity contribution in [2.45, 2.75) is 45.5 Å². The van der Waals surface area contributed by atoms with Crippen molar-refractivity contribution in [3.63, 3.8) is 0 Å². The normalized spacial score (nSPS) is 15.9. The first-order chi connectivity index (χ1) is 13.6. The second-order valence-electron chi connectivity index (χ2n) is 6.70. The number of methoxy groups -OCH3 is 1. The van der Waals surface area contributed by atoms with Crippen molar-refractivity contribution in [3.8, 4) is 0 Å². The molecule has 3 rings (SSSR count). The molecule has 158 valence electrons. The predicted octanol–water partition coefficient (Wildman–Crippen LogP) is 1.21. The number of ether oxygens (including phenoxy) is 1. The van der Waals surface area contributed by atoms with Gasteiger partial charge in [0.1, 0.15) is 12.4 Å². The second kappa shape index (κ2) is 11.1. The molecule has 0 aliphatic carbocycles. The molecular formula is C19H28IN7O2. The van der Waals surface area contributed by atoms with E-state index >= 15 is 0 Å². The number of aromatic nitrogens is 3. The molecule has 2 heterocycles. The largest absolute Gasteiger partial charge is 0.377 e. The highest BCUT2D eigenvalue weighted by atomic mass is 127. The molecule has 10 heteroatoms. The summed E-state index contributed by atoms with van der Waals surface area (Å²) in [6.07, 6.45) is 1.81. The van der Waals surface area contributed by atoms with E-state index in [0.29, 0.717) is 24.5 Å². The summed E-state index contributed by atoms with van der Waals surface area (Å²) in [6, 6.07) is 7.43. The lowest BCUT2D eigenvalue weighted by molar-refractivity contribution is 0.1000. The Balaban J connectivity index is 0.00000300. The quantitative estimate of drug-likeness (QED) is 0.291. The van der Waals surface area contributed by atoms with Crippen molar-refractivity contribution < 1.29 is 9.53 Å². The maximum atomic E-state index is 11.3. The number of carbonyl (C=O) groups excluding carboxylic acids is 1. The fourth-order valence-electron chi connectivity index (χ4n) is 3.18. The van der Waals surface area contributed by atoms with Gasteiger partial charge in [-0.05, 0) is 31.0 Å². The minimum atomic E-state index is -0.436. The molecular weight excluding hydrogens is 485 g/mol. The number of halogens is 1. The van der Waals surface area contributed by atoms with Gasteiger partial charge in [-0.1, -0.05) is 12.1 Å².